The average Bonchev–Trinajstić information content (AvgIpc) is 3.50. The topological polar surface area (TPSA) is 86.3 Å². The third-order valence-electron chi connectivity index (χ3n) is 7.64. The van der Waals surface area contributed by atoms with E-state index in [-0.39, 0.29) is 23.2 Å². The van der Waals surface area contributed by atoms with Crippen LogP contribution in [-0.4, -0.2) is 44.5 Å². The quantitative estimate of drug-likeness (QED) is 0.264. The summed E-state index contributed by atoms with van der Waals surface area (Å²) in [6.45, 7) is 6.86. The summed E-state index contributed by atoms with van der Waals surface area (Å²) in [5, 5.41) is 15.7. The first-order chi connectivity index (χ1) is 19.1. The fourth-order valence-corrected chi connectivity index (χ4v) is 5.62. The molecule has 0 radical (unpaired) electrons. The van der Waals surface area contributed by atoms with Crippen LogP contribution in [0.1, 0.15) is 60.4 Å². The molecule has 0 saturated carbocycles. The van der Waals surface area contributed by atoms with E-state index in [4.69, 9.17) is 4.74 Å². The molecule has 2 aromatic heterocycles. The predicted molar refractivity (Wildman–Crippen MR) is 152 cm³/mol. The molecule has 0 spiro atoms. The third-order valence-corrected chi connectivity index (χ3v) is 7.64. The highest BCUT2D eigenvalue weighted by atomic mass is 19.1. The lowest BCUT2D eigenvalue weighted by atomic mass is 9.89. The lowest BCUT2D eigenvalue weighted by Gasteiger charge is -2.26. The Balaban J connectivity index is 1.72. The number of nitrogens with zero attached hydrogens (tertiary/aromatic N) is 3. The van der Waals surface area contributed by atoms with E-state index in [0.29, 0.717) is 18.7 Å². The molecule has 1 aliphatic heterocycles. The molecular weight excluding hydrogens is 509 g/mol. The maximum atomic E-state index is 14.0. The van der Waals surface area contributed by atoms with Crippen molar-refractivity contribution in [3.8, 4) is 16.8 Å². The summed E-state index contributed by atoms with van der Waals surface area (Å²) in [4.78, 5) is 24.9. The van der Waals surface area contributed by atoms with Gasteiger partial charge in [-0.05, 0) is 66.9 Å². The van der Waals surface area contributed by atoms with E-state index in [1.165, 1.54) is 16.8 Å². The third kappa shape index (κ3) is 4.38. The summed E-state index contributed by atoms with van der Waals surface area (Å²) in [5.41, 5.74) is 4.88. The summed E-state index contributed by atoms with van der Waals surface area (Å²) >= 11 is 0. The van der Waals surface area contributed by atoms with Crippen LogP contribution in [0.4, 0.5) is 4.39 Å². The van der Waals surface area contributed by atoms with Crippen molar-refractivity contribution in [3.05, 3.63) is 83.9 Å². The molecule has 3 heterocycles. The Kier molecular flexibility index (Phi) is 6.30. The lowest BCUT2D eigenvalue weighted by molar-refractivity contribution is 0.0695. The second-order valence-corrected chi connectivity index (χ2v) is 11.4. The number of aromatic nitrogens is 3. The standard InChI is InChI=1S/C32H30FN3O4/c1-32(2,3)31(39)36-26-17-25-27(16-22(26)18-34-36)35(24-10-8-23(33)9-11-24)29(20-12-14-40-15-13-20)28(25)19-4-6-21(7-5-19)30(37)38/h4-11,16-18,20H,12-15H2,1-3H3,(H,37,38). The molecule has 3 aromatic carbocycles. The molecule has 5 aromatic rings. The first-order valence-electron chi connectivity index (χ1n) is 13.4. The zero-order valence-electron chi connectivity index (χ0n) is 22.6. The fourth-order valence-electron chi connectivity index (χ4n) is 5.62. The molecule has 40 heavy (non-hydrogen) atoms. The van der Waals surface area contributed by atoms with Crippen LogP contribution in [0, 0.1) is 11.2 Å². The number of rotatable bonds is 4. The van der Waals surface area contributed by atoms with Gasteiger partial charge in [0.1, 0.15) is 5.82 Å². The van der Waals surface area contributed by atoms with Crippen molar-refractivity contribution in [1.29, 1.82) is 0 Å². The molecule has 1 saturated heterocycles. The first-order valence-corrected chi connectivity index (χ1v) is 13.4. The minimum absolute atomic E-state index is 0.114. The Morgan fingerprint density at radius 1 is 0.975 bits per heavy atom. The van der Waals surface area contributed by atoms with Crippen LogP contribution >= 0.6 is 0 Å². The molecule has 0 aliphatic carbocycles. The highest BCUT2D eigenvalue weighted by molar-refractivity contribution is 6.07. The first kappa shape index (κ1) is 26.0. The normalized spacial score (nSPS) is 14.7. The number of fused-ring (bicyclic) bond motifs is 2. The van der Waals surface area contributed by atoms with E-state index < -0.39 is 11.4 Å². The summed E-state index contributed by atoms with van der Waals surface area (Å²) < 4.78 is 23.3. The lowest BCUT2D eigenvalue weighted by Crippen LogP contribution is -2.27. The van der Waals surface area contributed by atoms with Gasteiger partial charge in [-0.15, -0.1) is 0 Å². The van der Waals surface area contributed by atoms with Crippen molar-refractivity contribution >= 4 is 33.7 Å². The van der Waals surface area contributed by atoms with Crippen LogP contribution in [0.25, 0.3) is 38.6 Å². The number of carbonyl (C=O) groups is 2. The average molecular weight is 540 g/mol. The van der Waals surface area contributed by atoms with Crippen LogP contribution in [0.3, 0.4) is 0 Å². The van der Waals surface area contributed by atoms with Crippen molar-refractivity contribution in [2.24, 2.45) is 5.41 Å². The minimum Gasteiger partial charge on any atom is -0.478 e. The molecule has 204 valence electrons. The van der Waals surface area contributed by atoms with E-state index in [1.54, 1.807) is 30.5 Å². The number of hydrogen-bond acceptors (Lipinski definition) is 4. The summed E-state index contributed by atoms with van der Waals surface area (Å²) in [7, 11) is 0. The molecule has 1 N–H and O–H groups in total. The van der Waals surface area contributed by atoms with Gasteiger partial charge in [0.25, 0.3) is 5.91 Å². The molecular formula is C32H30FN3O4. The predicted octanol–water partition coefficient (Wildman–Crippen LogP) is 7.06. The number of carbonyl (C=O) groups excluding carboxylic acids is 1. The van der Waals surface area contributed by atoms with E-state index in [0.717, 1.165) is 51.6 Å². The molecule has 7 nitrogen and oxygen atoms in total. The van der Waals surface area contributed by atoms with E-state index in [9.17, 15) is 19.1 Å². The van der Waals surface area contributed by atoms with E-state index >= 15 is 0 Å². The second kappa shape index (κ2) is 9.71. The SMILES string of the molecule is CC(C)(C)C(=O)n1ncc2cc3c(cc21)c(-c1ccc(C(=O)O)cc1)c(C1CCOCC1)n3-c1ccc(F)cc1. The Bertz CT molecular complexity index is 1750. The fraction of sp³-hybridized carbons (Fsp3) is 0.281. The maximum absolute atomic E-state index is 14.0. The van der Waals surface area contributed by atoms with Crippen LogP contribution in [0.15, 0.2) is 66.9 Å². The number of carboxylic acid groups (broad SMARTS) is 1. The highest BCUT2D eigenvalue weighted by Gasteiger charge is 2.30. The maximum Gasteiger partial charge on any atom is 0.335 e. The van der Waals surface area contributed by atoms with Gasteiger partial charge in [-0.1, -0.05) is 32.9 Å². The summed E-state index contributed by atoms with van der Waals surface area (Å²) in [6.07, 6.45) is 3.33. The van der Waals surface area contributed by atoms with Gasteiger partial charge in [-0.3, -0.25) is 4.79 Å². The van der Waals surface area contributed by atoms with Gasteiger partial charge in [0, 0.05) is 52.3 Å². The largest absolute Gasteiger partial charge is 0.478 e. The van der Waals surface area contributed by atoms with Crippen molar-refractivity contribution in [2.75, 3.05) is 13.2 Å². The minimum atomic E-state index is -0.990. The molecule has 0 bridgehead atoms. The zero-order valence-corrected chi connectivity index (χ0v) is 22.6. The van der Waals surface area contributed by atoms with Gasteiger partial charge in [0.15, 0.2) is 0 Å². The van der Waals surface area contributed by atoms with Gasteiger partial charge >= 0.3 is 5.97 Å². The molecule has 1 aliphatic rings. The van der Waals surface area contributed by atoms with E-state index in [1.807, 2.05) is 45.0 Å². The number of halogens is 1. The van der Waals surface area contributed by atoms with Gasteiger partial charge in [0.2, 0.25) is 0 Å². The summed E-state index contributed by atoms with van der Waals surface area (Å²) in [5.74, 6) is -1.27. The van der Waals surface area contributed by atoms with Gasteiger partial charge < -0.3 is 14.4 Å². The monoisotopic (exact) mass is 539 g/mol. The van der Waals surface area contributed by atoms with Crippen LogP contribution < -0.4 is 0 Å². The smallest absolute Gasteiger partial charge is 0.335 e. The van der Waals surface area contributed by atoms with Crippen molar-refractivity contribution in [1.82, 2.24) is 14.3 Å². The van der Waals surface area contributed by atoms with Crippen LogP contribution in [0.2, 0.25) is 0 Å². The molecule has 8 heteroatoms. The van der Waals surface area contributed by atoms with Gasteiger partial charge in [0.05, 0.1) is 22.8 Å². The molecule has 0 atom stereocenters. The number of carboxylic acids is 1. The molecule has 0 unspecified atom stereocenters. The highest BCUT2D eigenvalue weighted by Crippen LogP contribution is 2.45. The van der Waals surface area contributed by atoms with Gasteiger partial charge in [-0.2, -0.15) is 9.78 Å². The number of benzene rings is 3. The molecule has 6 rings (SSSR count). The molecule has 1 fully saturated rings. The zero-order chi connectivity index (χ0) is 28.2. The van der Waals surface area contributed by atoms with Crippen LogP contribution in [-0.2, 0) is 4.74 Å². The van der Waals surface area contributed by atoms with Crippen molar-refractivity contribution in [3.63, 3.8) is 0 Å². The Morgan fingerprint density at radius 3 is 2.27 bits per heavy atom. The van der Waals surface area contributed by atoms with Crippen molar-refractivity contribution in [2.45, 2.75) is 39.5 Å². The Morgan fingerprint density at radius 2 is 1.65 bits per heavy atom. The Labute approximate surface area is 230 Å². The second-order valence-electron chi connectivity index (χ2n) is 11.4. The number of aromatic carboxylic acids is 1. The van der Waals surface area contributed by atoms with Crippen LogP contribution in [0.5, 0.6) is 0 Å². The number of hydrogen-bond donors (Lipinski definition) is 1. The number of ether oxygens (including phenoxy) is 1. The summed E-state index contributed by atoms with van der Waals surface area (Å²) in [6, 6.07) is 17.4. The van der Waals surface area contributed by atoms with Gasteiger partial charge in [-0.25, -0.2) is 9.18 Å². The Hall–Kier alpha value is -4.30. The van der Waals surface area contributed by atoms with Crippen molar-refractivity contribution < 1.29 is 23.8 Å². The molecule has 0 amide bonds. The van der Waals surface area contributed by atoms with E-state index in [2.05, 4.69) is 9.67 Å².